The maximum Gasteiger partial charge on any atom is 0.305 e. The van der Waals surface area contributed by atoms with Crippen LogP contribution in [0.4, 0.5) is 0 Å². The summed E-state index contributed by atoms with van der Waals surface area (Å²) in [6, 6.07) is -7.18. The van der Waals surface area contributed by atoms with Gasteiger partial charge in [0, 0.05) is 24.9 Å². The maximum atomic E-state index is 14.2. The van der Waals surface area contributed by atoms with Gasteiger partial charge in [0.1, 0.15) is 35.2 Å². The van der Waals surface area contributed by atoms with Gasteiger partial charge in [-0.3, -0.25) is 38.4 Å². The highest BCUT2D eigenvalue weighted by molar-refractivity contribution is 7.10. The van der Waals surface area contributed by atoms with Crippen LogP contribution in [-0.4, -0.2) is 110 Å². The van der Waals surface area contributed by atoms with Crippen LogP contribution in [0.25, 0.3) is 6.08 Å². The predicted molar refractivity (Wildman–Crippen MR) is 224 cm³/mol. The molecule has 0 aromatic carbocycles. The minimum absolute atomic E-state index is 0.0734. The number of carbonyl (C=O) groups excluding carboxylic acids is 6. The highest BCUT2D eigenvalue weighted by Crippen LogP contribution is 2.28. The second kappa shape index (κ2) is 26.3. The molecule has 9 N–H and O–H groups in total. The molecule has 1 aliphatic carbocycles. The number of aliphatic hydroxyl groups is 1. The van der Waals surface area contributed by atoms with E-state index in [1.807, 2.05) is 19.2 Å². The van der Waals surface area contributed by atoms with Crippen LogP contribution in [0.3, 0.4) is 0 Å². The average molecular weight is 864 g/mol. The number of nitrogens with zero attached hydrogens (tertiary/aromatic N) is 1. The predicted octanol–water partition coefficient (Wildman–Crippen LogP) is 2.26. The number of aliphatic carboxylic acids is 2. The average Bonchev–Trinajstić information content (AvgIpc) is 3.72. The Morgan fingerprint density at radius 1 is 0.767 bits per heavy atom. The summed E-state index contributed by atoms with van der Waals surface area (Å²) in [5.41, 5.74) is 0. The molecule has 1 fully saturated rings. The van der Waals surface area contributed by atoms with Crippen LogP contribution in [0.15, 0.2) is 17.7 Å². The fourth-order valence-electron chi connectivity index (χ4n) is 6.96. The third-order valence-electron chi connectivity index (χ3n) is 10.5. The molecule has 8 atom stereocenters. The van der Waals surface area contributed by atoms with Gasteiger partial charge >= 0.3 is 11.9 Å². The Bertz CT molecular complexity index is 1600. The fraction of sp³-hybridized carbons (Fsp3) is 0.683. The summed E-state index contributed by atoms with van der Waals surface area (Å²) in [7, 11) is 0. The van der Waals surface area contributed by atoms with Gasteiger partial charge in [-0.25, -0.2) is 4.98 Å². The highest BCUT2D eigenvalue weighted by atomic mass is 32.1. The molecule has 1 aromatic heterocycles. The van der Waals surface area contributed by atoms with Gasteiger partial charge in [-0.1, -0.05) is 79.2 Å². The van der Waals surface area contributed by atoms with E-state index in [1.165, 1.54) is 11.3 Å². The summed E-state index contributed by atoms with van der Waals surface area (Å²) in [6.07, 6.45) is 8.17. The monoisotopic (exact) mass is 863 g/mol. The molecule has 336 valence electrons. The summed E-state index contributed by atoms with van der Waals surface area (Å²) >= 11 is 1.40. The maximum absolute atomic E-state index is 14.2. The van der Waals surface area contributed by atoms with E-state index in [-0.39, 0.29) is 18.3 Å². The summed E-state index contributed by atoms with van der Waals surface area (Å²) in [5, 5.41) is 47.8. The van der Waals surface area contributed by atoms with Crippen molar-refractivity contribution in [2.24, 2.45) is 17.8 Å². The molecule has 2 rings (SSSR count). The fourth-order valence-corrected chi connectivity index (χ4v) is 7.50. The Balaban J connectivity index is 2.34. The number of hydrogen-bond donors (Lipinski definition) is 9. The van der Waals surface area contributed by atoms with Gasteiger partial charge in [-0.05, 0) is 49.5 Å². The molecule has 6 amide bonds. The molecule has 1 aliphatic rings. The number of thiazole rings is 1. The summed E-state index contributed by atoms with van der Waals surface area (Å²) < 4.78 is 0. The van der Waals surface area contributed by atoms with E-state index in [0.717, 1.165) is 39.0 Å². The number of carboxylic acids is 2. The van der Waals surface area contributed by atoms with Crippen molar-refractivity contribution in [2.45, 2.75) is 161 Å². The Kier molecular flexibility index (Phi) is 22.5. The van der Waals surface area contributed by atoms with Gasteiger partial charge in [0.25, 0.3) is 0 Å². The zero-order valence-electron chi connectivity index (χ0n) is 35.5. The van der Waals surface area contributed by atoms with Crippen LogP contribution in [0.2, 0.25) is 0 Å². The van der Waals surface area contributed by atoms with Gasteiger partial charge in [0.15, 0.2) is 0 Å². The first kappa shape index (κ1) is 51.2. The van der Waals surface area contributed by atoms with Gasteiger partial charge in [0.2, 0.25) is 35.4 Å². The van der Waals surface area contributed by atoms with Crippen LogP contribution in [0.1, 0.15) is 124 Å². The van der Waals surface area contributed by atoms with Crippen LogP contribution in [0, 0.1) is 17.8 Å². The number of aromatic nitrogens is 1. The Labute approximate surface area is 355 Å². The van der Waals surface area contributed by atoms with Gasteiger partial charge in [0.05, 0.1) is 18.6 Å². The molecule has 0 bridgehead atoms. The van der Waals surface area contributed by atoms with Crippen molar-refractivity contribution in [1.29, 1.82) is 0 Å². The third kappa shape index (κ3) is 18.6. The zero-order valence-corrected chi connectivity index (χ0v) is 36.3. The second-order valence-electron chi connectivity index (χ2n) is 16.0. The Morgan fingerprint density at radius 2 is 1.37 bits per heavy atom. The number of aliphatic hydroxyl groups excluding tert-OH is 1. The topological polar surface area (TPSA) is 282 Å². The lowest BCUT2D eigenvalue weighted by Crippen LogP contribution is -2.61. The van der Waals surface area contributed by atoms with Gasteiger partial charge < -0.3 is 47.2 Å². The van der Waals surface area contributed by atoms with E-state index in [2.05, 4.69) is 36.9 Å². The number of carbonyl (C=O) groups is 8. The first-order valence-electron chi connectivity index (χ1n) is 20.8. The van der Waals surface area contributed by atoms with Crippen molar-refractivity contribution in [3.05, 3.63) is 22.7 Å². The van der Waals surface area contributed by atoms with Crippen LogP contribution < -0.4 is 31.9 Å². The van der Waals surface area contributed by atoms with E-state index < -0.39 is 115 Å². The molecule has 1 unspecified atom stereocenters. The summed E-state index contributed by atoms with van der Waals surface area (Å²) in [4.78, 5) is 108. The van der Waals surface area contributed by atoms with E-state index in [1.54, 1.807) is 39.1 Å². The Hall–Kier alpha value is -4.91. The van der Waals surface area contributed by atoms with Crippen molar-refractivity contribution in [3.63, 3.8) is 0 Å². The molecule has 1 saturated carbocycles. The largest absolute Gasteiger partial charge is 0.481 e. The third-order valence-corrected chi connectivity index (χ3v) is 11.2. The van der Waals surface area contributed by atoms with Crippen LogP contribution in [0.5, 0.6) is 0 Å². The quantitative estimate of drug-likeness (QED) is 0.0649. The molecule has 1 heterocycles. The molecule has 0 radical (unpaired) electrons. The first-order chi connectivity index (χ1) is 28.3. The first-order valence-corrected chi connectivity index (χ1v) is 21.7. The second-order valence-corrected chi connectivity index (χ2v) is 16.9. The summed E-state index contributed by atoms with van der Waals surface area (Å²) in [5.74, 6) is -7.67. The van der Waals surface area contributed by atoms with Crippen molar-refractivity contribution < 1.29 is 53.7 Å². The van der Waals surface area contributed by atoms with Crippen molar-refractivity contribution in [2.75, 3.05) is 0 Å². The van der Waals surface area contributed by atoms with Crippen molar-refractivity contribution in [1.82, 2.24) is 36.9 Å². The number of nitrogens with one attached hydrogen (secondary N) is 6. The van der Waals surface area contributed by atoms with E-state index in [4.69, 9.17) is 0 Å². The lowest BCUT2D eigenvalue weighted by atomic mass is 9.84. The molecule has 19 heteroatoms. The van der Waals surface area contributed by atoms with E-state index >= 15 is 0 Å². The van der Waals surface area contributed by atoms with Gasteiger partial charge in [-0.2, -0.15) is 0 Å². The van der Waals surface area contributed by atoms with Crippen LogP contribution in [-0.2, 0) is 38.4 Å². The number of carboxylic acid groups (broad SMARTS) is 2. The molecule has 1 aromatic rings. The molecule has 18 nitrogen and oxygen atoms in total. The lowest BCUT2D eigenvalue weighted by molar-refractivity contribution is -0.141. The minimum Gasteiger partial charge on any atom is -0.481 e. The smallest absolute Gasteiger partial charge is 0.305 e. The standard InChI is InChI=1S/C41H65N7O11S/c1-7-24(5)36(41(59)47-30(21-26-12-10-9-11-13-26)38(56)44-27(8-2)32(50)15-16-33-42-18-19-60-33)48-40(58)29(20-23(3)4)46-37(55)28(14-17-34(51)52)45-39(57)31(22-35(53)54)43-25(6)49/h15-16,18-19,23-24,26-32,36,50H,7-14,17,20-22H2,1-6H3,(H,43,49)(H,44,56)(H,45,57)(H,46,55)(H,47,59)(H,48,58)(H,51,52)(H,53,54)/b16-15+/t24-,27-,28+,29-,30-,31-,32?,36-/m0/s1. The highest BCUT2D eigenvalue weighted by Gasteiger charge is 2.36. The van der Waals surface area contributed by atoms with Gasteiger partial charge in [-0.15, -0.1) is 11.3 Å². The lowest BCUT2D eigenvalue weighted by Gasteiger charge is -2.32. The van der Waals surface area contributed by atoms with Crippen molar-refractivity contribution in [3.8, 4) is 0 Å². The molecule has 0 spiro atoms. The Morgan fingerprint density at radius 3 is 1.92 bits per heavy atom. The zero-order chi connectivity index (χ0) is 44.9. The van der Waals surface area contributed by atoms with Crippen molar-refractivity contribution >= 4 is 64.8 Å². The minimum atomic E-state index is -1.57. The van der Waals surface area contributed by atoms with E-state index in [0.29, 0.717) is 24.3 Å². The number of hydrogen-bond acceptors (Lipinski definition) is 11. The molecular weight excluding hydrogens is 799 g/mol. The molecule has 0 aliphatic heterocycles. The number of rotatable bonds is 26. The molecule has 0 saturated heterocycles. The molecule has 60 heavy (non-hydrogen) atoms. The number of amides is 6. The molecular formula is C41H65N7O11S. The van der Waals surface area contributed by atoms with E-state index in [9.17, 15) is 53.7 Å². The van der Waals surface area contributed by atoms with Crippen LogP contribution >= 0.6 is 11.3 Å². The summed E-state index contributed by atoms with van der Waals surface area (Å²) in [6.45, 7) is 10.1. The normalized spacial score (nSPS) is 17.2. The SMILES string of the molecule is CC[C@H](NC(=O)[C@H](CC1CCCCC1)NC(=O)[C@@H](NC(=O)[C@H](CC(C)C)NC(=O)[C@@H](CCC(=O)O)NC(=O)[C@H](CC(=O)O)NC(C)=O)[C@@H](C)CC)C(O)/C=C/c1nccs1.